The minimum absolute atomic E-state index is 0.282. The number of hydrogen-bond acceptors (Lipinski definition) is 0. The van der Waals surface area contributed by atoms with E-state index in [-0.39, 0.29) is 11.6 Å². The molecule has 0 aliphatic rings. The van der Waals surface area contributed by atoms with Crippen molar-refractivity contribution in [3.05, 3.63) is 90.0 Å². The molecule has 90 valence electrons. The zero-order valence-corrected chi connectivity index (χ0v) is 9.74. The van der Waals surface area contributed by atoms with Crippen LogP contribution in [-0.4, -0.2) is 0 Å². The molecule has 0 aliphatic carbocycles. The molecular formula is C16H12F2. The van der Waals surface area contributed by atoms with E-state index >= 15 is 0 Å². The summed E-state index contributed by atoms with van der Waals surface area (Å²) in [6.07, 6.45) is 3.47. The van der Waals surface area contributed by atoms with Crippen molar-refractivity contribution in [1.82, 2.24) is 0 Å². The van der Waals surface area contributed by atoms with E-state index in [0.29, 0.717) is 0 Å². The molecule has 0 radical (unpaired) electrons. The molecule has 0 nitrogen and oxygen atoms in total. The second-order valence-electron chi connectivity index (χ2n) is 3.83. The molecule has 2 heteroatoms. The number of hydrogen-bond donors (Lipinski definition) is 0. The Bertz CT molecular complexity index is 516. The van der Waals surface area contributed by atoms with Crippen LogP contribution in [0.3, 0.4) is 0 Å². The fourth-order valence-electron chi connectivity index (χ4n) is 1.74. The van der Waals surface area contributed by atoms with Gasteiger partial charge < -0.3 is 0 Å². The smallest absolute Gasteiger partial charge is 0.123 e. The van der Waals surface area contributed by atoms with Crippen molar-refractivity contribution < 1.29 is 8.78 Å². The number of benzene rings is 2. The van der Waals surface area contributed by atoms with Gasteiger partial charge in [-0.2, -0.15) is 0 Å². The monoisotopic (exact) mass is 242 g/mol. The molecule has 2 aromatic rings. The average Bonchev–Trinajstić information content (AvgIpc) is 2.39. The summed E-state index contributed by atoms with van der Waals surface area (Å²) in [5.41, 5.74) is 2.61. The predicted octanol–water partition coefficient (Wildman–Crippen LogP) is 4.58. The first-order valence-corrected chi connectivity index (χ1v) is 5.55. The number of halogens is 2. The Morgan fingerprint density at radius 2 is 1.17 bits per heavy atom. The van der Waals surface area contributed by atoms with Crippen LogP contribution in [0.15, 0.2) is 67.3 Å². The van der Waals surface area contributed by atoms with Crippen molar-refractivity contribution >= 4 is 5.57 Å². The van der Waals surface area contributed by atoms with Gasteiger partial charge in [-0.25, -0.2) is 8.78 Å². The molecule has 0 N–H and O–H groups in total. The van der Waals surface area contributed by atoms with Crippen LogP contribution in [0.5, 0.6) is 0 Å². The largest absolute Gasteiger partial charge is 0.207 e. The van der Waals surface area contributed by atoms with Crippen LogP contribution in [-0.2, 0) is 0 Å². The van der Waals surface area contributed by atoms with E-state index in [4.69, 9.17) is 0 Å². The highest BCUT2D eigenvalue weighted by atomic mass is 19.1. The van der Waals surface area contributed by atoms with Gasteiger partial charge in [-0.3, -0.25) is 0 Å². The maximum Gasteiger partial charge on any atom is 0.123 e. The molecule has 0 spiro atoms. The molecule has 0 atom stereocenters. The Labute approximate surface area is 105 Å². The van der Waals surface area contributed by atoms with Crippen molar-refractivity contribution in [3.63, 3.8) is 0 Å². The Balaban J connectivity index is 2.46. The van der Waals surface area contributed by atoms with Crippen LogP contribution >= 0.6 is 0 Å². The number of rotatable bonds is 3. The molecule has 0 unspecified atom stereocenters. The fourth-order valence-corrected chi connectivity index (χ4v) is 1.74. The van der Waals surface area contributed by atoms with Crippen molar-refractivity contribution in [3.8, 4) is 0 Å². The zero-order chi connectivity index (χ0) is 13.0. The third-order valence-corrected chi connectivity index (χ3v) is 2.59. The van der Waals surface area contributed by atoms with E-state index in [1.807, 2.05) is 6.08 Å². The lowest BCUT2D eigenvalue weighted by Crippen LogP contribution is -1.88. The van der Waals surface area contributed by atoms with E-state index in [1.54, 1.807) is 30.3 Å². The predicted molar refractivity (Wildman–Crippen MR) is 70.1 cm³/mol. The van der Waals surface area contributed by atoms with Crippen molar-refractivity contribution in [1.29, 1.82) is 0 Å². The summed E-state index contributed by atoms with van der Waals surface area (Å²) in [5, 5.41) is 0. The van der Waals surface area contributed by atoms with Gasteiger partial charge in [0.25, 0.3) is 0 Å². The maximum absolute atomic E-state index is 12.9. The molecule has 2 rings (SSSR count). The molecule has 0 amide bonds. The molecule has 0 aliphatic heterocycles. The first-order chi connectivity index (χ1) is 8.70. The molecule has 2 aromatic carbocycles. The standard InChI is InChI=1S/C16H12F2/c1-2-3-16(12-4-8-14(17)9-5-12)13-6-10-15(18)11-7-13/h2-11H,1H2. The SMILES string of the molecule is C=CC=C(c1ccc(F)cc1)c1ccc(F)cc1. The molecular weight excluding hydrogens is 230 g/mol. The lowest BCUT2D eigenvalue weighted by atomic mass is 9.97. The molecule has 18 heavy (non-hydrogen) atoms. The van der Waals surface area contributed by atoms with Gasteiger partial charge in [-0.15, -0.1) is 0 Å². The summed E-state index contributed by atoms with van der Waals surface area (Å²) < 4.78 is 25.8. The van der Waals surface area contributed by atoms with E-state index in [1.165, 1.54) is 24.3 Å². The van der Waals surface area contributed by atoms with E-state index in [2.05, 4.69) is 6.58 Å². The van der Waals surface area contributed by atoms with E-state index in [0.717, 1.165) is 16.7 Å². The van der Waals surface area contributed by atoms with Gasteiger partial charge in [-0.1, -0.05) is 43.0 Å². The maximum atomic E-state index is 12.9. The Hall–Kier alpha value is -2.22. The highest BCUT2D eigenvalue weighted by Gasteiger charge is 2.04. The Morgan fingerprint density at radius 3 is 1.50 bits per heavy atom. The summed E-state index contributed by atoms with van der Waals surface area (Å²) in [6.45, 7) is 3.66. The number of allylic oxidation sites excluding steroid dienone is 2. The molecule has 0 aromatic heterocycles. The lowest BCUT2D eigenvalue weighted by molar-refractivity contribution is 0.627. The van der Waals surface area contributed by atoms with Crippen LogP contribution < -0.4 is 0 Å². The van der Waals surface area contributed by atoms with Gasteiger partial charge in [0.15, 0.2) is 0 Å². The van der Waals surface area contributed by atoms with Gasteiger partial charge in [-0.05, 0) is 41.0 Å². The van der Waals surface area contributed by atoms with Gasteiger partial charge in [0.1, 0.15) is 11.6 Å². The minimum Gasteiger partial charge on any atom is -0.207 e. The molecule has 0 heterocycles. The Morgan fingerprint density at radius 1 is 0.778 bits per heavy atom. The quantitative estimate of drug-likeness (QED) is 0.691. The second-order valence-corrected chi connectivity index (χ2v) is 3.83. The summed E-state index contributed by atoms with van der Waals surface area (Å²) in [5.74, 6) is -0.563. The third kappa shape index (κ3) is 2.72. The van der Waals surface area contributed by atoms with Crippen molar-refractivity contribution in [2.75, 3.05) is 0 Å². The second kappa shape index (κ2) is 5.41. The van der Waals surface area contributed by atoms with Crippen LogP contribution in [0.25, 0.3) is 5.57 Å². The molecule has 0 fully saturated rings. The third-order valence-electron chi connectivity index (χ3n) is 2.59. The first-order valence-electron chi connectivity index (χ1n) is 5.55. The van der Waals surface area contributed by atoms with E-state index < -0.39 is 0 Å². The summed E-state index contributed by atoms with van der Waals surface area (Å²) in [4.78, 5) is 0. The lowest BCUT2D eigenvalue weighted by Gasteiger charge is -2.07. The highest BCUT2D eigenvalue weighted by molar-refractivity contribution is 5.80. The summed E-state index contributed by atoms with van der Waals surface area (Å²) in [7, 11) is 0. The summed E-state index contributed by atoms with van der Waals surface area (Å²) in [6, 6.07) is 12.3. The molecule has 0 bridgehead atoms. The van der Waals surface area contributed by atoms with Gasteiger partial charge in [0, 0.05) is 0 Å². The summed E-state index contributed by atoms with van der Waals surface area (Å²) >= 11 is 0. The van der Waals surface area contributed by atoms with Gasteiger partial charge >= 0.3 is 0 Å². The first kappa shape index (κ1) is 12.2. The highest BCUT2D eigenvalue weighted by Crippen LogP contribution is 2.24. The van der Waals surface area contributed by atoms with Crippen LogP contribution in [0.1, 0.15) is 11.1 Å². The molecule has 0 saturated heterocycles. The fraction of sp³-hybridized carbons (Fsp3) is 0. The van der Waals surface area contributed by atoms with Crippen molar-refractivity contribution in [2.24, 2.45) is 0 Å². The normalized spacial score (nSPS) is 9.89. The van der Waals surface area contributed by atoms with E-state index in [9.17, 15) is 8.78 Å². The molecule has 0 saturated carbocycles. The van der Waals surface area contributed by atoms with Crippen LogP contribution in [0.2, 0.25) is 0 Å². The van der Waals surface area contributed by atoms with Crippen LogP contribution in [0, 0.1) is 11.6 Å². The average molecular weight is 242 g/mol. The minimum atomic E-state index is -0.282. The van der Waals surface area contributed by atoms with Gasteiger partial charge in [0.2, 0.25) is 0 Å². The van der Waals surface area contributed by atoms with Crippen LogP contribution in [0.4, 0.5) is 8.78 Å². The zero-order valence-electron chi connectivity index (χ0n) is 9.74. The topological polar surface area (TPSA) is 0 Å². The Kier molecular flexibility index (Phi) is 3.68. The van der Waals surface area contributed by atoms with Gasteiger partial charge in [0.05, 0.1) is 0 Å². The van der Waals surface area contributed by atoms with Crippen molar-refractivity contribution in [2.45, 2.75) is 0 Å².